The van der Waals surface area contributed by atoms with Crippen LogP contribution in [0.3, 0.4) is 0 Å². The van der Waals surface area contributed by atoms with Gasteiger partial charge < -0.3 is 9.47 Å². The Bertz CT molecular complexity index is 704. The quantitative estimate of drug-likeness (QED) is 0.653. The van der Waals surface area contributed by atoms with E-state index in [0.717, 1.165) is 19.6 Å². The normalized spacial score (nSPS) is 23.1. The third-order valence-corrected chi connectivity index (χ3v) is 5.68. The molecule has 0 aromatic carbocycles. The molecule has 0 spiro atoms. The highest BCUT2D eigenvalue weighted by atomic mass is 16.6. The minimum Gasteiger partial charge on any atom is -0.481 e. The van der Waals surface area contributed by atoms with E-state index >= 15 is 0 Å². The zero-order valence-corrected chi connectivity index (χ0v) is 18.3. The molecule has 29 heavy (non-hydrogen) atoms. The standard InChI is InChI=1S/C22H34N4O3/c1-7-10-25(21(27)29-22(3,4)5)16(2)24-14-18-11-19(15-24)26(18)13-17-8-9-20(28-6)23-12-17/h7-9,12,16,18-19H,1,10-11,13-15H2,2-6H3. The van der Waals surface area contributed by atoms with E-state index in [9.17, 15) is 4.79 Å². The van der Waals surface area contributed by atoms with E-state index in [-0.39, 0.29) is 12.3 Å². The minimum absolute atomic E-state index is 0.0297. The summed E-state index contributed by atoms with van der Waals surface area (Å²) in [5.41, 5.74) is 0.688. The maximum atomic E-state index is 12.7. The highest BCUT2D eigenvalue weighted by molar-refractivity contribution is 5.68. The molecule has 7 heteroatoms. The van der Waals surface area contributed by atoms with Gasteiger partial charge in [0.15, 0.2) is 0 Å². The van der Waals surface area contributed by atoms with Gasteiger partial charge in [0.25, 0.3) is 0 Å². The lowest BCUT2D eigenvalue weighted by atomic mass is 9.86. The molecule has 3 fully saturated rings. The number of carbonyl (C=O) groups excluding carboxylic acids is 1. The van der Waals surface area contributed by atoms with Gasteiger partial charge >= 0.3 is 6.09 Å². The third kappa shape index (κ3) is 5.08. The summed E-state index contributed by atoms with van der Waals surface area (Å²) in [6, 6.07) is 4.99. The number of aromatic nitrogens is 1. The van der Waals surface area contributed by atoms with Crippen LogP contribution in [0.25, 0.3) is 0 Å². The molecule has 3 aliphatic heterocycles. The summed E-state index contributed by atoms with van der Waals surface area (Å²) < 4.78 is 10.7. The molecule has 0 saturated carbocycles. The van der Waals surface area contributed by atoms with Crippen LogP contribution in [0.4, 0.5) is 4.79 Å². The van der Waals surface area contributed by atoms with Crippen LogP contribution in [0.15, 0.2) is 31.0 Å². The second-order valence-corrected chi connectivity index (χ2v) is 8.93. The smallest absolute Gasteiger partial charge is 0.411 e. The SMILES string of the molecule is C=CCN(C(=O)OC(C)(C)C)C(C)N1CC2CC(C1)N2Cc1ccc(OC)nc1. The van der Waals surface area contributed by atoms with E-state index in [1.807, 2.05) is 33.0 Å². The van der Waals surface area contributed by atoms with Gasteiger partial charge in [0.2, 0.25) is 5.88 Å². The summed E-state index contributed by atoms with van der Waals surface area (Å²) in [6.45, 7) is 14.8. The van der Waals surface area contributed by atoms with Crippen LogP contribution in [0.5, 0.6) is 5.88 Å². The number of amides is 1. The molecule has 2 bridgehead atoms. The van der Waals surface area contributed by atoms with Gasteiger partial charge in [-0.2, -0.15) is 0 Å². The summed E-state index contributed by atoms with van der Waals surface area (Å²) in [7, 11) is 1.63. The van der Waals surface area contributed by atoms with Crippen molar-refractivity contribution in [2.75, 3.05) is 26.7 Å². The van der Waals surface area contributed by atoms with Crippen molar-refractivity contribution in [1.82, 2.24) is 19.7 Å². The largest absolute Gasteiger partial charge is 0.481 e. The average molecular weight is 403 g/mol. The van der Waals surface area contributed by atoms with Crippen molar-refractivity contribution in [2.45, 2.75) is 64.5 Å². The van der Waals surface area contributed by atoms with Gasteiger partial charge in [-0.05, 0) is 39.7 Å². The molecule has 3 unspecified atom stereocenters. The minimum atomic E-state index is -0.510. The predicted molar refractivity (Wildman–Crippen MR) is 113 cm³/mol. The molecule has 3 saturated heterocycles. The first kappa shape index (κ1) is 21.6. The highest BCUT2D eigenvalue weighted by Gasteiger charge is 2.46. The van der Waals surface area contributed by atoms with Crippen LogP contribution in [0.2, 0.25) is 0 Å². The molecule has 3 atom stereocenters. The van der Waals surface area contributed by atoms with Crippen molar-refractivity contribution < 1.29 is 14.3 Å². The van der Waals surface area contributed by atoms with Crippen molar-refractivity contribution in [2.24, 2.45) is 0 Å². The molecule has 0 N–H and O–H groups in total. The molecular weight excluding hydrogens is 368 g/mol. The molecule has 4 heterocycles. The third-order valence-electron chi connectivity index (χ3n) is 5.68. The van der Waals surface area contributed by atoms with Crippen molar-refractivity contribution in [3.63, 3.8) is 0 Å². The fraction of sp³-hybridized carbons (Fsp3) is 0.636. The maximum absolute atomic E-state index is 12.7. The summed E-state index contributed by atoms with van der Waals surface area (Å²) >= 11 is 0. The molecule has 1 aromatic heterocycles. The Hall–Kier alpha value is -2.12. The van der Waals surface area contributed by atoms with Gasteiger partial charge in [0.05, 0.1) is 13.3 Å². The number of ether oxygens (including phenoxy) is 2. The van der Waals surface area contributed by atoms with Gasteiger partial charge in [0, 0.05) is 50.5 Å². The fourth-order valence-electron chi connectivity index (χ4n) is 4.16. The van der Waals surface area contributed by atoms with Crippen LogP contribution < -0.4 is 4.74 Å². The zero-order chi connectivity index (χ0) is 21.2. The highest BCUT2D eigenvalue weighted by Crippen LogP contribution is 2.35. The number of hydrogen-bond acceptors (Lipinski definition) is 6. The van der Waals surface area contributed by atoms with E-state index in [2.05, 4.69) is 34.4 Å². The number of pyridine rings is 1. The lowest BCUT2D eigenvalue weighted by Crippen LogP contribution is -2.70. The molecule has 0 aliphatic carbocycles. The zero-order valence-electron chi connectivity index (χ0n) is 18.3. The number of piperazine rings is 1. The number of methoxy groups -OCH3 is 1. The Kier molecular flexibility index (Phi) is 6.49. The Morgan fingerprint density at radius 3 is 2.59 bits per heavy atom. The van der Waals surface area contributed by atoms with Gasteiger partial charge in [-0.15, -0.1) is 6.58 Å². The first-order valence-corrected chi connectivity index (χ1v) is 10.3. The molecule has 4 rings (SSSR count). The molecule has 3 aliphatic rings. The molecule has 160 valence electrons. The number of piperidine rings is 1. The maximum Gasteiger partial charge on any atom is 0.411 e. The van der Waals surface area contributed by atoms with Gasteiger partial charge in [0.1, 0.15) is 5.60 Å². The summed E-state index contributed by atoms with van der Waals surface area (Å²) in [6.07, 6.45) is 4.54. The van der Waals surface area contributed by atoms with E-state index in [1.165, 1.54) is 12.0 Å². The predicted octanol–water partition coefficient (Wildman–Crippen LogP) is 3.12. The molecule has 7 nitrogen and oxygen atoms in total. The first-order valence-electron chi connectivity index (χ1n) is 10.3. The van der Waals surface area contributed by atoms with Crippen molar-refractivity contribution in [1.29, 1.82) is 0 Å². The first-order chi connectivity index (χ1) is 13.7. The Labute approximate surface area is 174 Å². The van der Waals surface area contributed by atoms with Gasteiger partial charge in [-0.1, -0.05) is 12.1 Å². The van der Waals surface area contributed by atoms with E-state index < -0.39 is 5.60 Å². The van der Waals surface area contributed by atoms with Crippen LogP contribution in [0.1, 0.15) is 39.7 Å². The number of carbonyl (C=O) groups is 1. The molecule has 1 aromatic rings. The van der Waals surface area contributed by atoms with Gasteiger partial charge in [-0.3, -0.25) is 14.7 Å². The Balaban J connectivity index is 1.59. The summed E-state index contributed by atoms with van der Waals surface area (Å²) in [5, 5.41) is 0. The van der Waals surface area contributed by atoms with E-state index in [1.54, 1.807) is 18.1 Å². The van der Waals surface area contributed by atoms with Crippen LogP contribution in [-0.2, 0) is 11.3 Å². The van der Waals surface area contributed by atoms with Crippen LogP contribution in [-0.4, -0.2) is 76.4 Å². The van der Waals surface area contributed by atoms with Crippen LogP contribution in [0, 0.1) is 0 Å². The van der Waals surface area contributed by atoms with E-state index in [4.69, 9.17) is 9.47 Å². The lowest BCUT2D eigenvalue weighted by molar-refractivity contribution is -0.106. The van der Waals surface area contributed by atoms with Crippen molar-refractivity contribution in [3.8, 4) is 5.88 Å². The van der Waals surface area contributed by atoms with Crippen molar-refractivity contribution >= 4 is 6.09 Å². The van der Waals surface area contributed by atoms with Gasteiger partial charge in [-0.25, -0.2) is 9.78 Å². The molecular formula is C22H34N4O3. The average Bonchev–Trinajstić information content (AvgIpc) is 2.68. The molecule has 0 radical (unpaired) electrons. The fourth-order valence-corrected chi connectivity index (χ4v) is 4.16. The number of nitrogens with zero attached hydrogens (tertiary/aromatic N) is 4. The topological polar surface area (TPSA) is 58.1 Å². The second-order valence-electron chi connectivity index (χ2n) is 8.93. The number of fused-ring (bicyclic) bond motifs is 2. The Morgan fingerprint density at radius 1 is 1.38 bits per heavy atom. The summed E-state index contributed by atoms with van der Waals surface area (Å²) in [4.78, 5) is 23.7. The van der Waals surface area contributed by atoms with E-state index in [0.29, 0.717) is 24.5 Å². The monoisotopic (exact) mass is 402 g/mol. The lowest BCUT2D eigenvalue weighted by Gasteiger charge is -2.58. The second kappa shape index (κ2) is 8.71. The summed E-state index contributed by atoms with van der Waals surface area (Å²) in [5.74, 6) is 0.641. The Morgan fingerprint density at radius 2 is 2.07 bits per heavy atom. The van der Waals surface area contributed by atoms with Crippen molar-refractivity contribution in [3.05, 3.63) is 36.5 Å². The number of rotatable bonds is 7. The van der Waals surface area contributed by atoms with Crippen LogP contribution >= 0.6 is 0 Å². The molecule has 1 amide bonds. The number of hydrogen-bond donors (Lipinski definition) is 0.